The number of carbonyl (C=O) groups is 4. The van der Waals surface area contributed by atoms with Crippen LogP contribution in [0.15, 0.2) is 72.8 Å². The number of ether oxygens (including phenoxy) is 1. The highest BCUT2D eigenvalue weighted by molar-refractivity contribution is 6.30. The lowest BCUT2D eigenvalue weighted by Gasteiger charge is -2.45. The number of rotatable bonds is 6. The molecule has 2 bridgehead atoms. The molecule has 3 aromatic rings. The zero-order valence-corrected chi connectivity index (χ0v) is 22.2. The number of anilines is 1. The van der Waals surface area contributed by atoms with E-state index in [2.05, 4.69) is 5.32 Å². The third kappa shape index (κ3) is 4.03. The van der Waals surface area contributed by atoms with Gasteiger partial charge in [-0.2, -0.15) is 0 Å². The van der Waals surface area contributed by atoms with E-state index in [1.54, 1.807) is 38.1 Å². The third-order valence-electron chi connectivity index (χ3n) is 8.11. The van der Waals surface area contributed by atoms with Gasteiger partial charge < -0.3 is 10.1 Å². The van der Waals surface area contributed by atoms with Gasteiger partial charge in [0, 0.05) is 22.5 Å². The van der Waals surface area contributed by atoms with Crippen molar-refractivity contribution in [2.24, 2.45) is 17.8 Å². The molecule has 1 heterocycles. The van der Waals surface area contributed by atoms with Crippen LogP contribution in [0.1, 0.15) is 47.9 Å². The number of nitrogens with one attached hydrogen (secondary N) is 1. The average Bonchev–Trinajstić information content (AvgIpc) is 3.19. The largest absolute Gasteiger partial charge is 0.454 e. The van der Waals surface area contributed by atoms with Crippen LogP contribution in [-0.4, -0.2) is 41.2 Å². The number of amides is 3. The number of esters is 1. The molecule has 39 heavy (non-hydrogen) atoms. The summed E-state index contributed by atoms with van der Waals surface area (Å²) in [6.07, 6.45) is 0. The van der Waals surface area contributed by atoms with Gasteiger partial charge in [-0.25, -0.2) is 4.79 Å². The Hall–Kier alpha value is -3.97. The summed E-state index contributed by atoms with van der Waals surface area (Å²) in [4.78, 5) is 54.9. The van der Waals surface area contributed by atoms with E-state index in [4.69, 9.17) is 16.3 Å². The summed E-state index contributed by atoms with van der Waals surface area (Å²) < 4.78 is 5.36. The topological polar surface area (TPSA) is 92.8 Å². The van der Waals surface area contributed by atoms with Gasteiger partial charge in [0.1, 0.15) is 6.04 Å². The quantitative estimate of drug-likeness (QED) is 0.359. The number of halogens is 1. The highest BCUT2D eigenvalue weighted by Gasteiger charge is 2.63. The van der Waals surface area contributed by atoms with Crippen LogP contribution in [0.4, 0.5) is 5.69 Å². The highest BCUT2D eigenvalue weighted by atomic mass is 35.5. The number of nitrogens with zero attached hydrogens (tertiary/aromatic N) is 1. The van der Waals surface area contributed by atoms with Gasteiger partial charge in [0.2, 0.25) is 11.8 Å². The minimum atomic E-state index is -1.13. The van der Waals surface area contributed by atoms with Crippen molar-refractivity contribution < 1.29 is 23.9 Å². The summed E-state index contributed by atoms with van der Waals surface area (Å²) >= 11 is 5.88. The predicted octanol–water partition coefficient (Wildman–Crippen LogP) is 4.74. The van der Waals surface area contributed by atoms with Crippen molar-refractivity contribution in [3.05, 3.63) is 100 Å². The molecule has 0 spiro atoms. The molecule has 0 aromatic heterocycles. The summed E-state index contributed by atoms with van der Waals surface area (Å²) in [7, 11) is 0. The van der Waals surface area contributed by atoms with Gasteiger partial charge >= 0.3 is 5.97 Å². The first kappa shape index (κ1) is 25.3. The first-order valence-electron chi connectivity index (χ1n) is 13.0. The SMILES string of the molecule is CC(C)[C@H](C(=O)OCC(=O)Nc1ccc(Cl)cc1)N1C(=O)[C@@H]2C3c4ccccc4C(c4ccccc43)[C@@H]2C1=O. The molecule has 7 nitrogen and oxygen atoms in total. The molecule has 3 aliphatic carbocycles. The summed E-state index contributed by atoms with van der Waals surface area (Å²) in [6, 6.07) is 21.4. The molecule has 198 valence electrons. The van der Waals surface area contributed by atoms with Crippen LogP contribution < -0.4 is 5.32 Å². The van der Waals surface area contributed by atoms with E-state index in [0.717, 1.165) is 27.2 Å². The highest BCUT2D eigenvalue weighted by Crippen LogP contribution is 2.61. The fourth-order valence-corrected chi connectivity index (χ4v) is 6.73. The van der Waals surface area contributed by atoms with Gasteiger partial charge in [-0.1, -0.05) is 74.0 Å². The number of hydrogen-bond donors (Lipinski definition) is 1. The van der Waals surface area contributed by atoms with Gasteiger partial charge in [-0.3, -0.25) is 19.3 Å². The molecule has 0 radical (unpaired) electrons. The Kier molecular flexibility index (Phi) is 6.26. The third-order valence-corrected chi connectivity index (χ3v) is 8.36. The van der Waals surface area contributed by atoms with Crippen LogP contribution in [0.2, 0.25) is 5.02 Å². The standard InChI is InChI=1S/C31H27ClN2O5/c1-16(2)28(31(38)39-15-23(35)33-18-13-11-17(32)12-14-18)34-29(36)26-24-19-7-3-4-8-20(19)25(27(26)30(34)37)22-10-6-5-9-21(22)24/h3-14,16,24-28H,15H2,1-2H3,(H,33,35)/t24?,25?,26-,27+,28-/m1/s1. The van der Waals surface area contributed by atoms with Gasteiger partial charge in [-0.15, -0.1) is 0 Å². The van der Waals surface area contributed by atoms with E-state index in [0.29, 0.717) is 10.7 Å². The summed E-state index contributed by atoms with van der Waals surface area (Å²) in [5.74, 6) is -4.14. The van der Waals surface area contributed by atoms with Gasteiger partial charge in [0.15, 0.2) is 6.61 Å². The molecule has 3 amide bonds. The van der Waals surface area contributed by atoms with Gasteiger partial charge in [0.25, 0.3) is 5.91 Å². The first-order chi connectivity index (χ1) is 18.8. The van der Waals surface area contributed by atoms with E-state index in [1.165, 1.54) is 0 Å². The van der Waals surface area contributed by atoms with Crippen molar-refractivity contribution in [3.8, 4) is 0 Å². The molecule has 1 saturated heterocycles. The van der Waals surface area contributed by atoms with Crippen molar-refractivity contribution in [1.29, 1.82) is 0 Å². The summed E-state index contributed by atoms with van der Waals surface area (Å²) in [5.41, 5.74) is 4.76. The Morgan fingerprint density at radius 3 is 1.72 bits per heavy atom. The van der Waals surface area contributed by atoms with Gasteiger partial charge in [-0.05, 0) is 52.4 Å². The van der Waals surface area contributed by atoms with Crippen molar-refractivity contribution in [3.63, 3.8) is 0 Å². The second-order valence-electron chi connectivity index (χ2n) is 10.7. The smallest absolute Gasteiger partial charge is 0.330 e. The Labute approximate surface area is 231 Å². The van der Waals surface area contributed by atoms with E-state index >= 15 is 0 Å². The van der Waals surface area contributed by atoms with Crippen LogP contribution in [-0.2, 0) is 23.9 Å². The lowest BCUT2D eigenvalue weighted by molar-refractivity contribution is -0.162. The lowest BCUT2D eigenvalue weighted by atomic mass is 9.55. The molecule has 1 fully saturated rings. The average molecular weight is 543 g/mol. The van der Waals surface area contributed by atoms with Crippen molar-refractivity contribution in [1.82, 2.24) is 4.90 Å². The van der Waals surface area contributed by atoms with E-state index < -0.39 is 42.3 Å². The van der Waals surface area contributed by atoms with Crippen molar-refractivity contribution in [2.45, 2.75) is 31.7 Å². The number of likely N-dealkylation sites (tertiary alicyclic amines) is 1. The molecule has 1 N–H and O–H groups in total. The van der Waals surface area contributed by atoms with Gasteiger partial charge in [0.05, 0.1) is 11.8 Å². The second kappa shape index (κ2) is 9.65. The molecular weight excluding hydrogens is 516 g/mol. The molecule has 3 aromatic carbocycles. The Bertz CT molecular complexity index is 1390. The van der Waals surface area contributed by atoms with Crippen LogP contribution in [0.3, 0.4) is 0 Å². The van der Waals surface area contributed by atoms with Crippen molar-refractivity contribution >= 4 is 41.0 Å². The minimum Gasteiger partial charge on any atom is -0.454 e. The molecule has 4 aliphatic rings. The molecule has 3 atom stereocenters. The van der Waals surface area contributed by atoms with Crippen LogP contribution in [0.25, 0.3) is 0 Å². The normalized spacial score (nSPS) is 23.2. The van der Waals surface area contributed by atoms with Crippen LogP contribution in [0.5, 0.6) is 0 Å². The maximum Gasteiger partial charge on any atom is 0.330 e. The molecule has 8 heteroatoms. The second-order valence-corrected chi connectivity index (χ2v) is 11.1. The van der Waals surface area contributed by atoms with E-state index in [-0.39, 0.29) is 23.7 Å². The monoisotopic (exact) mass is 542 g/mol. The fraction of sp³-hybridized carbons (Fsp3) is 0.290. The predicted molar refractivity (Wildman–Crippen MR) is 145 cm³/mol. The molecule has 1 aliphatic heterocycles. The first-order valence-corrected chi connectivity index (χ1v) is 13.4. The molecular formula is C31H27ClN2O5. The molecule has 7 rings (SSSR count). The zero-order chi connectivity index (χ0) is 27.4. The molecule has 0 unspecified atom stereocenters. The Morgan fingerprint density at radius 2 is 1.28 bits per heavy atom. The van der Waals surface area contributed by atoms with E-state index in [1.807, 2.05) is 48.5 Å². The molecule has 0 saturated carbocycles. The summed E-state index contributed by atoms with van der Waals surface area (Å²) in [5, 5.41) is 3.17. The fourth-order valence-electron chi connectivity index (χ4n) is 6.60. The number of imide groups is 1. The number of hydrogen-bond acceptors (Lipinski definition) is 5. The van der Waals surface area contributed by atoms with Crippen LogP contribution >= 0.6 is 11.6 Å². The van der Waals surface area contributed by atoms with Crippen molar-refractivity contribution in [2.75, 3.05) is 11.9 Å². The Morgan fingerprint density at radius 1 is 0.821 bits per heavy atom. The van der Waals surface area contributed by atoms with Crippen LogP contribution in [0, 0.1) is 17.8 Å². The maximum atomic E-state index is 14.0. The van der Waals surface area contributed by atoms with E-state index in [9.17, 15) is 19.2 Å². The summed E-state index contributed by atoms with van der Waals surface area (Å²) in [6.45, 7) is 2.98. The zero-order valence-electron chi connectivity index (χ0n) is 21.5. The Balaban J connectivity index is 1.26. The lowest BCUT2D eigenvalue weighted by Crippen LogP contribution is -2.49. The minimum absolute atomic E-state index is 0.261. The number of carbonyl (C=O) groups excluding carboxylic acids is 4. The maximum absolute atomic E-state index is 14.0. The number of benzene rings is 3.